The van der Waals surface area contributed by atoms with Crippen LogP contribution in [-0.4, -0.2) is 59.7 Å². The molecule has 0 N–H and O–H groups in total. The van der Waals surface area contributed by atoms with Crippen molar-refractivity contribution in [2.24, 2.45) is 0 Å². The lowest BCUT2D eigenvalue weighted by molar-refractivity contribution is -0.143. The van der Waals surface area contributed by atoms with E-state index in [1.807, 2.05) is 13.0 Å². The fraction of sp³-hybridized carbons (Fsp3) is 0.400. The van der Waals surface area contributed by atoms with Gasteiger partial charge in [0.05, 0.1) is 6.54 Å². The maximum Gasteiger partial charge on any atom is 0.326 e. The summed E-state index contributed by atoms with van der Waals surface area (Å²) in [6.45, 7) is 2.44. The molecule has 1 saturated heterocycles. The van der Waals surface area contributed by atoms with Gasteiger partial charge in [-0.3, -0.25) is 14.5 Å². The minimum Gasteiger partial charge on any atom is -0.324 e. The van der Waals surface area contributed by atoms with Crippen molar-refractivity contribution in [3.8, 4) is 0 Å². The Hall–Kier alpha value is -2.37. The number of carbonyl (C=O) groups is 3. The van der Waals surface area contributed by atoms with Gasteiger partial charge in [0, 0.05) is 31.8 Å². The molecule has 1 spiro atoms. The lowest BCUT2D eigenvalue weighted by Crippen LogP contribution is -2.66. The summed E-state index contributed by atoms with van der Waals surface area (Å²) in [5, 5.41) is 0. The van der Waals surface area contributed by atoms with Crippen LogP contribution in [-0.2, 0) is 10.3 Å². The summed E-state index contributed by atoms with van der Waals surface area (Å²) in [5.41, 5.74) is 0.136. The highest BCUT2D eigenvalue weighted by Crippen LogP contribution is 2.42. The minimum absolute atomic E-state index is 0.155. The Balaban J connectivity index is 2.25. The third-order valence-electron chi connectivity index (χ3n) is 4.36. The molecule has 1 aromatic carbocycles. The normalized spacial score (nSPS) is 25.1. The number of urea groups is 1. The first-order valence-corrected chi connectivity index (χ1v) is 6.90. The van der Waals surface area contributed by atoms with Crippen molar-refractivity contribution in [1.82, 2.24) is 14.7 Å². The smallest absolute Gasteiger partial charge is 0.324 e. The number of benzene rings is 1. The van der Waals surface area contributed by atoms with E-state index >= 15 is 0 Å². The number of fused-ring (bicyclic) bond motifs is 2. The van der Waals surface area contributed by atoms with Crippen LogP contribution in [0.15, 0.2) is 24.3 Å². The zero-order chi connectivity index (χ0) is 15.4. The first-order valence-electron chi connectivity index (χ1n) is 6.90. The first kappa shape index (κ1) is 13.6. The first-order chi connectivity index (χ1) is 9.95. The second kappa shape index (κ2) is 4.31. The highest BCUT2D eigenvalue weighted by Gasteiger charge is 2.59. The van der Waals surface area contributed by atoms with E-state index < -0.39 is 5.54 Å². The van der Waals surface area contributed by atoms with Crippen LogP contribution in [0.3, 0.4) is 0 Å². The van der Waals surface area contributed by atoms with Gasteiger partial charge in [0.25, 0.3) is 11.8 Å². The Kier molecular flexibility index (Phi) is 2.79. The molecule has 6 nitrogen and oxygen atoms in total. The molecule has 110 valence electrons. The monoisotopic (exact) mass is 287 g/mol. The standard InChI is InChI=1S/C15H17N3O3/c1-4-18-12(19)10-7-5-6-8-11(10)15(18)9-16(2)14(21)17(3)13(15)20/h5-8H,4,9H2,1-3H3. The Morgan fingerprint density at radius 3 is 2.48 bits per heavy atom. The summed E-state index contributed by atoms with van der Waals surface area (Å²) in [6, 6.07) is 6.79. The Morgan fingerprint density at radius 2 is 1.81 bits per heavy atom. The molecule has 1 atom stereocenters. The highest BCUT2D eigenvalue weighted by atomic mass is 16.2. The number of hydrogen-bond donors (Lipinski definition) is 0. The van der Waals surface area contributed by atoms with E-state index in [1.165, 1.54) is 11.9 Å². The van der Waals surface area contributed by atoms with E-state index in [-0.39, 0.29) is 24.4 Å². The highest BCUT2D eigenvalue weighted by molar-refractivity contribution is 6.11. The van der Waals surface area contributed by atoms with Gasteiger partial charge in [-0.25, -0.2) is 4.79 Å². The van der Waals surface area contributed by atoms with E-state index in [0.717, 1.165) is 4.90 Å². The molecule has 0 saturated carbocycles. The fourth-order valence-electron chi connectivity index (χ4n) is 3.41. The third-order valence-corrected chi connectivity index (χ3v) is 4.36. The van der Waals surface area contributed by atoms with Crippen LogP contribution < -0.4 is 0 Å². The predicted octanol–water partition coefficient (Wildman–Crippen LogP) is 0.881. The quantitative estimate of drug-likeness (QED) is 0.770. The number of imide groups is 1. The zero-order valence-electron chi connectivity index (χ0n) is 12.3. The van der Waals surface area contributed by atoms with Crippen LogP contribution >= 0.6 is 0 Å². The molecule has 0 aliphatic carbocycles. The number of hydrogen-bond acceptors (Lipinski definition) is 3. The maximum absolute atomic E-state index is 12.9. The summed E-state index contributed by atoms with van der Waals surface area (Å²) in [4.78, 5) is 41.6. The van der Waals surface area contributed by atoms with E-state index in [1.54, 1.807) is 30.1 Å². The molecule has 0 bridgehead atoms. The van der Waals surface area contributed by atoms with E-state index in [2.05, 4.69) is 0 Å². The van der Waals surface area contributed by atoms with E-state index in [9.17, 15) is 14.4 Å². The molecular weight excluding hydrogens is 270 g/mol. The second-order valence-corrected chi connectivity index (χ2v) is 5.46. The topological polar surface area (TPSA) is 60.9 Å². The van der Waals surface area contributed by atoms with Crippen molar-refractivity contribution in [3.05, 3.63) is 35.4 Å². The van der Waals surface area contributed by atoms with Crippen molar-refractivity contribution in [1.29, 1.82) is 0 Å². The van der Waals surface area contributed by atoms with Gasteiger partial charge in [-0.15, -0.1) is 0 Å². The summed E-state index contributed by atoms with van der Waals surface area (Å²) in [5.74, 6) is -0.497. The SMILES string of the molecule is CCN1C(=O)c2ccccc2C12CN(C)C(=O)N(C)C2=O. The lowest BCUT2D eigenvalue weighted by atomic mass is 9.86. The van der Waals surface area contributed by atoms with Crippen molar-refractivity contribution in [3.63, 3.8) is 0 Å². The summed E-state index contributed by atoms with van der Waals surface area (Å²) < 4.78 is 0. The average molecular weight is 287 g/mol. The van der Waals surface area contributed by atoms with E-state index in [4.69, 9.17) is 0 Å². The molecule has 1 aromatic rings. The molecule has 0 aromatic heterocycles. The van der Waals surface area contributed by atoms with Gasteiger partial charge in [0.2, 0.25) is 0 Å². The van der Waals surface area contributed by atoms with Crippen LogP contribution in [0.4, 0.5) is 4.79 Å². The number of nitrogens with zero attached hydrogens (tertiary/aromatic N) is 3. The van der Waals surface area contributed by atoms with Crippen LogP contribution in [0.25, 0.3) is 0 Å². The second-order valence-electron chi connectivity index (χ2n) is 5.46. The molecule has 1 fully saturated rings. The van der Waals surface area contributed by atoms with Crippen molar-refractivity contribution < 1.29 is 14.4 Å². The van der Waals surface area contributed by atoms with Gasteiger partial charge in [-0.1, -0.05) is 18.2 Å². The number of carbonyl (C=O) groups excluding carboxylic acids is 3. The van der Waals surface area contributed by atoms with Crippen molar-refractivity contribution in [2.45, 2.75) is 12.5 Å². The van der Waals surface area contributed by atoms with Crippen molar-refractivity contribution >= 4 is 17.8 Å². The minimum atomic E-state index is -1.10. The summed E-state index contributed by atoms with van der Waals surface area (Å²) >= 11 is 0. The molecule has 3 rings (SSSR count). The molecule has 2 aliphatic rings. The van der Waals surface area contributed by atoms with Crippen LogP contribution in [0.5, 0.6) is 0 Å². The lowest BCUT2D eigenvalue weighted by Gasteiger charge is -2.46. The maximum atomic E-state index is 12.9. The Bertz CT molecular complexity index is 657. The van der Waals surface area contributed by atoms with Gasteiger partial charge >= 0.3 is 6.03 Å². The average Bonchev–Trinajstić information content (AvgIpc) is 2.73. The Morgan fingerprint density at radius 1 is 1.14 bits per heavy atom. The van der Waals surface area contributed by atoms with Gasteiger partial charge in [0.15, 0.2) is 5.54 Å². The van der Waals surface area contributed by atoms with Crippen LogP contribution in [0.2, 0.25) is 0 Å². The Labute approximate surface area is 122 Å². The van der Waals surface area contributed by atoms with Crippen molar-refractivity contribution in [2.75, 3.05) is 27.2 Å². The van der Waals surface area contributed by atoms with Crippen LogP contribution in [0, 0.1) is 0 Å². The molecule has 0 radical (unpaired) electrons. The third kappa shape index (κ3) is 1.50. The predicted molar refractivity (Wildman–Crippen MR) is 75.6 cm³/mol. The van der Waals surface area contributed by atoms with Gasteiger partial charge in [-0.2, -0.15) is 0 Å². The number of rotatable bonds is 1. The molecule has 1 unspecified atom stereocenters. The number of likely N-dealkylation sites (N-methyl/N-ethyl adjacent to an activating group) is 3. The van der Waals surface area contributed by atoms with Gasteiger partial charge in [0.1, 0.15) is 0 Å². The van der Waals surface area contributed by atoms with Gasteiger partial charge in [-0.05, 0) is 13.0 Å². The molecule has 2 aliphatic heterocycles. The van der Waals surface area contributed by atoms with Crippen LogP contribution in [0.1, 0.15) is 22.8 Å². The molecule has 2 heterocycles. The molecule has 4 amide bonds. The molecule has 6 heteroatoms. The number of amides is 4. The zero-order valence-corrected chi connectivity index (χ0v) is 12.3. The van der Waals surface area contributed by atoms with Gasteiger partial charge < -0.3 is 9.80 Å². The summed E-state index contributed by atoms with van der Waals surface area (Å²) in [6.07, 6.45) is 0. The largest absolute Gasteiger partial charge is 0.326 e. The molecule has 21 heavy (non-hydrogen) atoms. The fourth-order valence-corrected chi connectivity index (χ4v) is 3.41. The van der Waals surface area contributed by atoms with E-state index in [0.29, 0.717) is 17.7 Å². The summed E-state index contributed by atoms with van der Waals surface area (Å²) in [7, 11) is 3.10. The molecular formula is C15H17N3O3.